The molecule has 1 aromatic carbocycles. The quantitative estimate of drug-likeness (QED) is 0.903. The molecule has 0 fully saturated rings. The number of benzene rings is 1. The fourth-order valence-corrected chi connectivity index (χ4v) is 2.02. The minimum atomic E-state index is -0.0719. The number of para-hydroxylation sites is 2. The molecule has 1 amide bonds. The van der Waals surface area contributed by atoms with Gasteiger partial charge in [0, 0.05) is 6.04 Å². The van der Waals surface area contributed by atoms with Crippen LogP contribution in [0.15, 0.2) is 24.3 Å². The Morgan fingerprint density at radius 1 is 1.47 bits per heavy atom. The molecule has 1 heterocycles. The first-order valence-corrected chi connectivity index (χ1v) is 6.22. The van der Waals surface area contributed by atoms with Gasteiger partial charge in [0.1, 0.15) is 12.4 Å². The molecule has 5 heteroatoms. The Morgan fingerprint density at radius 3 is 2.89 bits per heavy atom. The van der Waals surface area contributed by atoms with Gasteiger partial charge in [0.05, 0.1) is 23.5 Å². The molecule has 2 aromatic rings. The second kappa shape index (κ2) is 5.53. The zero-order chi connectivity index (χ0) is 13.8. The van der Waals surface area contributed by atoms with E-state index in [2.05, 4.69) is 16.4 Å². The maximum absolute atomic E-state index is 11.9. The predicted molar refractivity (Wildman–Crippen MR) is 72.3 cm³/mol. The highest BCUT2D eigenvalue weighted by atomic mass is 16.2. The first kappa shape index (κ1) is 13.1. The first-order valence-electron chi connectivity index (χ1n) is 6.22. The van der Waals surface area contributed by atoms with Crippen molar-refractivity contribution >= 4 is 16.9 Å². The van der Waals surface area contributed by atoms with Crippen molar-refractivity contribution in [2.75, 3.05) is 0 Å². The summed E-state index contributed by atoms with van der Waals surface area (Å²) in [5, 5.41) is 11.7. The zero-order valence-corrected chi connectivity index (χ0v) is 11.1. The van der Waals surface area contributed by atoms with E-state index in [1.165, 1.54) is 0 Å². The molecule has 2 rings (SSSR count). The lowest BCUT2D eigenvalue weighted by atomic mass is 10.3. The van der Waals surface area contributed by atoms with Crippen molar-refractivity contribution in [2.45, 2.75) is 32.9 Å². The third kappa shape index (κ3) is 2.91. The molecule has 0 aliphatic rings. The second-order valence-corrected chi connectivity index (χ2v) is 4.66. The Kier molecular flexibility index (Phi) is 3.81. The lowest BCUT2D eigenvalue weighted by Gasteiger charge is -2.10. The Balaban J connectivity index is 2.36. The third-order valence-corrected chi connectivity index (χ3v) is 2.72. The van der Waals surface area contributed by atoms with Crippen LogP contribution < -0.4 is 5.32 Å². The van der Waals surface area contributed by atoms with Crippen molar-refractivity contribution in [3.05, 3.63) is 30.1 Å². The van der Waals surface area contributed by atoms with Crippen LogP contribution >= 0.6 is 0 Å². The Hall–Kier alpha value is -2.35. The normalized spacial score (nSPS) is 10.6. The number of nitrogens with zero attached hydrogens (tertiary/aromatic N) is 3. The third-order valence-electron chi connectivity index (χ3n) is 2.72. The zero-order valence-electron chi connectivity index (χ0n) is 11.1. The van der Waals surface area contributed by atoms with Crippen molar-refractivity contribution < 1.29 is 4.79 Å². The number of rotatable bonds is 4. The number of nitriles is 1. The summed E-state index contributed by atoms with van der Waals surface area (Å²) in [6.07, 6.45) is 0.198. The lowest BCUT2D eigenvalue weighted by Crippen LogP contribution is -2.33. The van der Waals surface area contributed by atoms with Gasteiger partial charge in [-0.15, -0.1) is 0 Å². The van der Waals surface area contributed by atoms with E-state index in [1.807, 2.05) is 38.1 Å². The molecule has 98 valence electrons. The van der Waals surface area contributed by atoms with Crippen LogP contribution in [0, 0.1) is 11.3 Å². The Labute approximate surface area is 111 Å². The number of nitrogens with one attached hydrogen (secondary N) is 1. The van der Waals surface area contributed by atoms with E-state index in [0.717, 1.165) is 11.0 Å². The van der Waals surface area contributed by atoms with Gasteiger partial charge in [0.15, 0.2) is 0 Å². The summed E-state index contributed by atoms with van der Waals surface area (Å²) in [5.41, 5.74) is 1.69. The SMILES string of the molecule is CC(C)NC(=O)Cn1c(CC#N)nc2ccccc21. The van der Waals surface area contributed by atoms with Crippen molar-refractivity contribution in [2.24, 2.45) is 0 Å². The molecule has 0 spiro atoms. The maximum Gasteiger partial charge on any atom is 0.240 e. The maximum atomic E-state index is 11.9. The second-order valence-electron chi connectivity index (χ2n) is 4.66. The van der Waals surface area contributed by atoms with Crippen LogP contribution in [0.4, 0.5) is 0 Å². The minimum Gasteiger partial charge on any atom is -0.352 e. The van der Waals surface area contributed by atoms with Crippen molar-refractivity contribution in [3.8, 4) is 6.07 Å². The van der Waals surface area contributed by atoms with Crippen molar-refractivity contribution in [3.63, 3.8) is 0 Å². The molecule has 1 aromatic heterocycles. The Bertz CT molecular complexity index is 636. The van der Waals surface area contributed by atoms with E-state index in [-0.39, 0.29) is 24.9 Å². The molecule has 0 unspecified atom stereocenters. The van der Waals surface area contributed by atoms with Gasteiger partial charge < -0.3 is 9.88 Å². The van der Waals surface area contributed by atoms with Crippen LogP contribution in [0.3, 0.4) is 0 Å². The topological polar surface area (TPSA) is 70.7 Å². The highest BCUT2D eigenvalue weighted by Crippen LogP contribution is 2.16. The van der Waals surface area contributed by atoms with E-state index in [1.54, 1.807) is 4.57 Å². The number of imidazole rings is 1. The van der Waals surface area contributed by atoms with Gasteiger partial charge in [-0.1, -0.05) is 12.1 Å². The number of carbonyl (C=O) groups is 1. The monoisotopic (exact) mass is 256 g/mol. The molecular weight excluding hydrogens is 240 g/mol. The van der Waals surface area contributed by atoms with E-state index in [4.69, 9.17) is 5.26 Å². The molecule has 19 heavy (non-hydrogen) atoms. The standard InChI is InChI=1S/C14H16N4O/c1-10(2)16-14(19)9-18-12-6-4-3-5-11(12)17-13(18)7-8-15/h3-6,10H,7,9H2,1-2H3,(H,16,19). The molecule has 0 atom stereocenters. The van der Waals surface area contributed by atoms with Crippen molar-refractivity contribution in [1.82, 2.24) is 14.9 Å². The van der Waals surface area contributed by atoms with E-state index >= 15 is 0 Å². The molecule has 0 radical (unpaired) electrons. The summed E-state index contributed by atoms with van der Waals surface area (Å²) in [5.74, 6) is 0.556. The summed E-state index contributed by atoms with van der Waals surface area (Å²) in [6.45, 7) is 4.02. The molecule has 0 aliphatic heterocycles. The fraction of sp³-hybridized carbons (Fsp3) is 0.357. The number of hydrogen-bond acceptors (Lipinski definition) is 3. The van der Waals surface area contributed by atoms with Gasteiger partial charge in [-0.3, -0.25) is 4.79 Å². The van der Waals surface area contributed by atoms with Crippen LogP contribution in [-0.4, -0.2) is 21.5 Å². The van der Waals surface area contributed by atoms with Crippen LogP contribution in [0.25, 0.3) is 11.0 Å². The lowest BCUT2D eigenvalue weighted by molar-refractivity contribution is -0.122. The van der Waals surface area contributed by atoms with Gasteiger partial charge in [-0.05, 0) is 26.0 Å². The van der Waals surface area contributed by atoms with Gasteiger partial charge in [-0.2, -0.15) is 5.26 Å². The van der Waals surface area contributed by atoms with Gasteiger partial charge >= 0.3 is 0 Å². The van der Waals surface area contributed by atoms with Crippen molar-refractivity contribution in [1.29, 1.82) is 5.26 Å². The molecular formula is C14H16N4O. The fourth-order valence-electron chi connectivity index (χ4n) is 2.02. The summed E-state index contributed by atoms with van der Waals surface area (Å²) >= 11 is 0. The van der Waals surface area contributed by atoms with Gasteiger partial charge in [-0.25, -0.2) is 4.98 Å². The largest absolute Gasteiger partial charge is 0.352 e. The van der Waals surface area contributed by atoms with E-state index < -0.39 is 0 Å². The van der Waals surface area contributed by atoms with Crippen LogP contribution in [0.2, 0.25) is 0 Å². The van der Waals surface area contributed by atoms with Crippen LogP contribution in [-0.2, 0) is 17.8 Å². The van der Waals surface area contributed by atoms with Gasteiger partial charge in [0.2, 0.25) is 5.91 Å². The van der Waals surface area contributed by atoms with E-state index in [9.17, 15) is 4.79 Å². The smallest absolute Gasteiger partial charge is 0.240 e. The average Bonchev–Trinajstić information content (AvgIpc) is 2.67. The van der Waals surface area contributed by atoms with Gasteiger partial charge in [0.25, 0.3) is 0 Å². The number of fused-ring (bicyclic) bond motifs is 1. The molecule has 5 nitrogen and oxygen atoms in total. The molecule has 0 bridgehead atoms. The molecule has 0 saturated carbocycles. The Morgan fingerprint density at radius 2 is 2.21 bits per heavy atom. The number of hydrogen-bond donors (Lipinski definition) is 1. The van der Waals surface area contributed by atoms with Crippen LogP contribution in [0.5, 0.6) is 0 Å². The van der Waals surface area contributed by atoms with Crippen LogP contribution in [0.1, 0.15) is 19.7 Å². The average molecular weight is 256 g/mol. The molecule has 0 saturated heterocycles. The van der Waals surface area contributed by atoms with E-state index in [0.29, 0.717) is 5.82 Å². The number of carbonyl (C=O) groups excluding carboxylic acids is 1. The molecule has 0 aliphatic carbocycles. The minimum absolute atomic E-state index is 0.0719. The molecule has 1 N–H and O–H groups in total. The highest BCUT2D eigenvalue weighted by molar-refractivity contribution is 5.81. The number of amides is 1. The first-order chi connectivity index (χ1) is 9.11. The predicted octanol–water partition coefficient (Wildman–Crippen LogP) is 1.63. The summed E-state index contributed by atoms with van der Waals surface area (Å²) in [6, 6.07) is 9.77. The summed E-state index contributed by atoms with van der Waals surface area (Å²) in [7, 11) is 0. The summed E-state index contributed by atoms with van der Waals surface area (Å²) in [4.78, 5) is 16.3. The number of aromatic nitrogens is 2. The highest BCUT2D eigenvalue weighted by Gasteiger charge is 2.13. The summed E-state index contributed by atoms with van der Waals surface area (Å²) < 4.78 is 1.80.